The van der Waals surface area contributed by atoms with Gasteiger partial charge in [-0.2, -0.15) is 0 Å². The van der Waals surface area contributed by atoms with Crippen LogP contribution in [0.1, 0.15) is 94.3 Å². The largest absolute Gasteiger partial charge is 0.460 e. The second kappa shape index (κ2) is 14.7. The van der Waals surface area contributed by atoms with Crippen molar-refractivity contribution in [2.45, 2.75) is 73.8 Å². The Morgan fingerprint density at radius 2 is 1.40 bits per heavy atom. The van der Waals surface area contributed by atoms with Gasteiger partial charge in [0.25, 0.3) is 0 Å². The first-order valence-corrected chi connectivity index (χ1v) is 16.5. The Bertz CT molecular complexity index is 1550. The van der Waals surface area contributed by atoms with E-state index in [2.05, 4.69) is 6.58 Å². The molecule has 2 unspecified atom stereocenters. The van der Waals surface area contributed by atoms with E-state index in [1.807, 2.05) is 65.8 Å². The summed E-state index contributed by atoms with van der Waals surface area (Å²) in [6, 6.07) is 16.0. The second-order valence-corrected chi connectivity index (χ2v) is 13.5. The molecule has 0 fully saturated rings. The summed E-state index contributed by atoms with van der Waals surface area (Å²) in [6.07, 6.45) is 1.65. The number of carbonyl (C=O) groups excluding carboxylic acids is 3. The molecule has 0 radical (unpaired) electrons. The summed E-state index contributed by atoms with van der Waals surface area (Å²) in [5.41, 5.74) is 4.41. The van der Waals surface area contributed by atoms with Gasteiger partial charge in [-0.1, -0.05) is 81.9 Å². The Kier molecular flexibility index (Phi) is 11.6. The lowest BCUT2D eigenvalue weighted by molar-refractivity contribution is -0.141. The Morgan fingerprint density at radius 1 is 0.814 bits per heavy atom. The van der Waals surface area contributed by atoms with Crippen LogP contribution in [0.3, 0.4) is 0 Å². The fourth-order valence-corrected chi connectivity index (χ4v) is 7.98. The summed E-state index contributed by atoms with van der Waals surface area (Å²) < 4.78 is 26.3. The minimum atomic E-state index is -4.29. The van der Waals surface area contributed by atoms with Crippen molar-refractivity contribution in [3.05, 3.63) is 111 Å². The van der Waals surface area contributed by atoms with Crippen molar-refractivity contribution in [1.82, 2.24) is 0 Å². The van der Waals surface area contributed by atoms with Crippen LogP contribution in [0.5, 0.6) is 0 Å². The van der Waals surface area contributed by atoms with Crippen molar-refractivity contribution in [2.24, 2.45) is 0 Å². The molecule has 3 rings (SSSR count). The van der Waals surface area contributed by atoms with Gasteiger partial charge in [0, 0.05) is 22.0 Å². The molecule has 0 spiro atoms. The highest BCUT2D eigenvalue weighted by atomic mass is 31.2. The predicted molar refractivity (Wildman–Crippen MR) is 173 cm³/mol. The zero-order valence-electron chi connectivity index (χ0n) is 26.4. The van der Waals surface area contributed by atoms with Crippen molar-refractivity contribution in [2.75, 3.05) is 13.2 Å². The van der Waals surface area contributed by atoms with E-state index in [4.69, 9.17) is 9.47 Å². The minimum absolute atomic E-state index is 0.0960. The van der Waals surface area contributed by atoms with E-state index in [-0.39, 0.29) is 24.6 Å². The summed E-state index contributed by atoms with van der Waals surface area (Å²) in [7, 11) is -4.29. The van der Waals surface area contributed by atoms with Crippen LogP contribution in [0.2, 0.25) is 0 Å². The van der Waals surface area contributed by atoms with Crippen molar-refractivity contribution in [1.29, 1.82) is 0 Å². The standard InChI is InChI=1S/C36H43O6P/c1-9-27-19-24(6)32(25(7)20-27)35(38)43(40,30-15-13-12-14-16-30)36(39)33-26(8)21-29(22-28(33)10-2)31(11-3)41-17-18-42-34(37)23(4)5/h12-16,19-22,31H,4,9-11,17-18H2,1-3,5-8H3. The smallest absolute Gasteiger partial charge is 0.333 e. The van der Waals surface area contributed by atoms with Gasteiger partial charge in [-0.3, -0.25) is 9.59 Å². The average molecular weight is 603 g/mol. The molecule has 3 aromatic rings. The van der Waals surface area contributed by atoms with Gasteiger partial charge >= 0.3 is 5.97 Å². The number of carbonyl (C=O) groups is 3. The molecule has 0 saturated carbocycles. The van der Waals surface area contributed by atoms with Crippen LogP contribution in [0.25, 0.3) is 0 Å². The van der Waals surface area contributed by atoms with Gasteiger partial charge in [0.15, 0.2) is 0 Å². The second-order valence-electron chi connectivity index (χ2n) is 10.9. The first-order chi connectivity index (χ1) is 20.4. The number of rotatable bonds is 14. The van der Waals surface area contributed by atoms with E-state index in [9.17, 15) is 14.4 Å². The normalized spacial score (nSPS) is 13.2. The minimum Gasteiger partial charge on any atom is -0.460 e. The van der Waals surface area contributed by atoms with E-state index in [1.54, 1.807) is 37.3 Å². The third-order valence-electron chi connectivity index (χ3n) is 7.67. The molecule has 7 heteroatoms. The molecule has 0 aliphatic carbocycles. The summed E-state index contributed by atoms with van der Waals surface area (Å²) in [5, 5.41) is 0.230. The van der Waals surface area contributed by atoms with Gasteiger partial charge < -0.3 is 14.0 Å². The number of benzene rings is 3. The highest BCUT2D eigenvalue weighted by molar-refractivity contribution is 8.01. The van der Waals surface area contributed by atoms with E-state index < -0.39 is 24.2 Å². The maximum absolute atomic E-state index is 15.1. The molecule has 3 aromatic carbocycles. The molecular weight excluding hydrogens is 559 g/mol. The molecule has 0 saturated heterocycles. The fourth-order valence-electron chi connectivity index (χ4n) is 5.43. The van der Waals surface area contributed by atoms with Crippen molar-refractivity contribution in [3.63, 3.8) is 0 Å². The molecule has 0 aromatic heterocycles. The van der Waals surface area contributed by atoms with Crippen molar-refractivity contribution >= 4 is 29.5 Å². The van der Waals surface area contributed by atoms with Gasteiger partial charge in [0.2, 0.25) is 18.2 Å². The Hall–Kier alpha value is -3.60. The van der Waals surface area contributed by atoms with Gasteiger partial charge in [-0.25, -0.2) is 4.79 Å². The number of hydrogen-bond donors (Lipinski definition) is 0. The molecule has 0 N–H and O–H groups in total. The third kappa shape index (κ3) is 7.31. The number of aryl methyl sites for hydroxylation is 5. The molecule has 0 bridgehead atoms. The van der Waals surface area contributed by atoms with Crippen LogP contribution < -0.4 is 5.30 Å². The Morgan fingerprint density at radius 3 is 1.93 bits per heavy atom. The lowest BCUT2D eigenvalue weighted by Crippen LogP contribution is -2.23. The van der Waals surface area contributed by atoms with Crippen LogP contribution in [-0.2, 0) is 31.7 Å². The predicted octanol–water partition coefficient (Wildman–Crippen LogP) is 7.99. The third-order valence-corrected chi connectivity index (χ3v) is 10.3. The first-order valence-electron chi connectivity index (χ1n) is 14.8. The summed E-state index contributed by atoms with van der Waals surface area (Å²) in [4.78, 5) is 40.6. The van der Waals surface area contributed by atoms with Crippen LogP contribution >= 0.6 is 7.14 Å². The van der Waals surface area contributed by atoms with Crippen LogP contribution in [-0.4, -0.2) is 30.2 Å². The topological polar surface area (TPSA) is 86.7 Å². The number of esters is 1. The highest BCUT2D eigenvalue weighted by Gasteiger charge is 2.45. The van der Waals surface area contributed by atoms with Gasteiger partial charge in [0.1, 0.15) is 6.61 Å². The average Bonchev–Trinajstić information content (AvgIpc) is 2.99. The van der Waals surface area contributed by atoms with Gasteiger partial charge in [0.05, 0.1) is 12.7 Å². The van der Waals surface area contributed by atoms with Crippen molar-refractivity contribution < 1.29 is 28.4 Å². The maximum atomic E-state index is 15.1. The molecule has 228 valence electrons. The molecular formula is C36H43O6P. The molecule has 2 atom stereocenters. The molecule has 43 heavy (non-hydrogen) atoms. The van der Waals surface area contributed by atoms with E-state index in [0.29, 0.717) is 51.8 Å². The highest BCUT2D eigenvalue weighted by Crippen LogP contribution is 2.53. The van der Waals surface area contributed by atoms with E-state index in [0.717, 1.165) is 17.5 Å². The lowest BCUT2D eigenvalue weighted by Gasteiger charge is -2.23. The molecule has 0 aliphatic rings. The quantitative estimate of drug-likeness (QED) is 0.0805. The lowest BCUT2D eigenvalue weighted by atomic mass is 9.94. The maximum Gasteiger partial charge on any atom is 0.333 e. The SMILES string of the molecule is C=C(C)C(=O)OCCOC(CC)c1cc(C)c(C(=O)P(=O)(C(=O)c2c(C)cc(CC)cc2C)c2ccccc2)c(CC)c1. The molecule has 0 aliphatic heterocycles. The summed E-state index contributed by atoms with van der Waals surface area (Å²) in [5.74, 6) is -0.465. The van der Waals surface area contributed by atoms with Crippen LogP contribution in [0.15, 0.2) is 66.7 Å². The van der Waals surface area contributed by atoms with Crippen LogP contribution in [0.4, 0.5) is 0 Å². The van der Waals surface area contributed by atoms with Gasteiger partial charge in [-0.15, -0.1) is 0 Å². The van der Waals surface area contributed by atoms with Gasteiger partial charge in [-0.05, 0) is 80.3 Å². The monoisotopic (exact) mass is 602 g/mol. The fraction of sp³-hybridized carbons (Fsp3) is 0.361. The molecule has 6 nitrogen and oxygen atoms in total. The number of ether oxygens (including phenoxy) is 2. The Labute approximate surface area is 255 Å². The first kappa shape index (κ1) is 33.9. The summed E-state index contributed by atoms with van der Waals surface area (Å²) in [6.45, 7) is 16.9. The van der Waals surface area contributed by atoms with E-state index in [1.165, 1.54) is 0 Å². The van der Waals surface area contributed by atoms with E-state index >= 15 is 4.57 Å². The van der Waals surface area contributed by atoms with Crippen LogP contribution in [0, 0.1) is 20.8 Å². The number of hydrogen-bond acceptors (Lipinski definition) is 6. The zero-order valence-corrected chi connectivity index (χ0v) is 27.3. The molecule has 0 amide bonds. The molecule has 0 heterocycles. The summed E-state index contributed by atoms with van der Waals surface area (Å²) >= 11 is 0. The zero-order chi connectivity index (χ0) is 31.9. The Balaban J connectivity index is 2.07. The van der Waals surface area contributed by atoms with Crippen molar-refractivity contribution in [3.8, 4) is 0 Å².